The van der Waals surface area contributed by atoms with Crippen molar-refractivity contribution >= 4 is 5.69 Å². The third-order valence-electron chi connectivity index (χ3n) is 4.82. The van der Waals surface area contributed by atoms with Gasteiger partial charge < -0.3 is 10.8 Å². The molecule has 3 heteroatoms. The van der Waals surface area contributed by atoms with Gasteiger partial charge in [0.25, 0.3) is 0 Å². The Labute approximate surface area is 150 Å². The molecule has 1 aliphatic heterocycles. The molecule has 0 spiro atoms. The minimum absolute atomic E-state index is 0.254. The number of rotatable bonds is 4. The monoisotopic (exact) mass is 334 g/mol. The van der Waals surface area contributed by atoms with Crippen molar-refractivity contribution in [1.29, 1.82) is 0 Å². The summed E-state index contributed by atoms with van der Waals surface area (Å²) < 4.78 is 0. The van der Waals surface area contributed by atoms with Crippen LogP contribution in [0, 0.1) is 17.8 Å². The Morgan fingerprint density at radius 3 is 2.72 bits per heavy atom. The highest BCUT2D eigenvalue weighted by atomic mass is 16.3. The van der Waals surface area contributed by atoms with E-state index in [4.69, 9.17) is 5.73 Å². The average molecular weight is 334 g/mol. The summed E-state index contributed by atoms with van der Waals surface area (Å²) in [6, 6.07) is 18.1. The Hall–Kier alpha value is -2.28. The summed E-state index contributed by atoms with van der Waals surface area (Å²) in [4.78, 5) is 2.32. The number of piperidine rings is 1. The summed E-state index contributed by atoms with van der Waals surface area (Å²) in [5.41, 5.74) is 8.78. The minimum Gasteiger partial charge on any atom is -0.399 e. The molecule has 2 atom stereocenters. The predicted molar refractivity (Wildman–Crippen MR) is 103 cm³/mol. The van der Waals surface area contributed by atoms with Gasteiger partial charge in [-0.15, -0.1) is 0 Å². The first-order chi connectivity index (χ1) is 12.2. The molecule has 130 valence electrons. The summed E-state index contributed by atoms with van der Waals surface area (Å²) in [7, 11) is 0. The average Bonchev–Trinajstić information content (AvgIpc) is 2.62. The van der Waals surface area contributed by atoms with Crippen LogP contribution < -0.4 is 5.73 Å². The van der Waals surface area contributed by atoms with Gasteiger partial charge in [0.15, 0.2) is 0 Å². The SMILES string of the molecule is Nc1cccc(C#CCCN2CCC(Cc3ccccc3)C(O)C2)c1. The number of aliphatic hydroxyl groups excluding tert-OH is 1. The zero-order chi connectivity index (χ0) is 17.5. The van der Waals surface area contributed by atoms with Gasteiger partial charge >= 0.3 is 0 Å². The Kier molecular flexibility index (Phi) is 6.11. The van der Waals surface area contributed by atoms with E-state index in [0.29, 0.717) is 5.92 Å². The van der Waals surface area contributed by atoms with E-state index in [0.717, 1.165) is 50.1 Å². The second-order valence-electron chi connectivity index (χ2n) is 6.78. The molecule has 25 heavy (non-hydrogen) atoms. The number of β-amino-alcohol motifs (C(OH)–C–C–N with tert-alkyl or cyclic N) is 1. The maximum Gasteiger partial charge on any atom is 0.0698 e. The van der Waals surface area contributed by atoms with E-state index in [-0.39, 0.29) is 6.10 Å². The highest BCUT2D eigenvalue weighted by Crippen LogP contribution is 2.22. The number of hydrogen-bond acceptors (Lipinski definition) is 3. The lowest BCUT2D eigenvalue weighted by Gasteiger charge is -2.35. The van der Waals surface area contributed by atoms with E-state index in [1.807, 2.05) is 30.3 Å². The van der Waals surface area contributed by atoms with E-state index >= 15 is 0 Å². The van der Waals surface area contributed by atoms with Crippen LogP contribution in [0.15, 0.2) is 54.6 Å². The molecule has 1 aliphatic rings. The summed E-state index contributed by atoms with van der Waals surface area (Å²) in [6.07, 6.45) is 2.56. The number of nitrogens with zero attached hydrogens (tertiary/aromatic N) is 1. The van der Waals surface area contributed by atoms with E-state index in [2.05, 4.69) is 41.0 Å². The van der Waals surface area contributed by atoms with Crippen molar-refractivity contribution in [2.75, 3.05) is 25.4 Å². The Bertz CT molecular complexity index is 732. The molecule has 1 fully saturated rings. The lowest BCUT2D eigenvalue weighted by atomic mass is 9.88. The van der Waals surface area contributed by atoms with Crippen LogP contribution in [0.3, 0.4) is 0 Å². The van der Waals surface area contributed by atoms with Crippen LogP contribution >= 0.6 is 0 Å². The first kappa shape index (κ1) is 17.5. The summed E-state index contributed by atoms with van der Waals surface area (Å²) in [5, 5.41) is 10.5. The van der Waals surface area contributed by atoms with E-state index in [1.54, 1.807) is 0 Å². The van der Waals surface area contributed by atoms with Crippen molar-refractivity contribution in [3.63, 3.8) is 0 Å². The van der Waals surface area contributed by atoms with E-state index < -0.39 is 0 Å². The fourth-order valence-electron chi connectivity index (χ4n) is 3.40. The van der Waals surface area contributed by atoms with Gasteiger partial charge in [-0.2, -0.15) is 0 Å². The van der Waals surface area contributed by atoms with Gasteiger partial charge in [0, 0.05) is 30.8 Å². The molecule has 1 heterocycles. The van der Waals surface area contributed by atoms with Crippen molar-refractivity contribution < 1.29 is 5.11 Å². The first-order valence-electron chi connectivity index (χ1n) is 8.99. The standard InChI is InChI=1S/C22H26N2O/c23-21-11-6-10-19(16-21)9-4-5-13-24-14-12-20(22(25)17-24)15-18-7-2-1-3-8-18/h1-3,6-8,10-11,16,20,22,25H,5,12-15,17,23H2. The Morgan fingerprint density at radius 2 is 1.96 bits per heavy atom. The van der Waals surface area contributed by atoms with Crippen molar-refractivity contribution in [2.45, 2.75) is 25.4 Å². The zero-order valence-electron chi connectivity index (χ0n) is 14.6. The number of hydrogen-bond donors (Lipinski definition) is 2. The number of anilines is 1. The zero-order valence-corrected chi connectivity index (χ0v) is 14.6. The van der Waals surface area contributed by atoms with E-state index in [1.165, 1.54) is 5.56 Å². The third kappa shape index (κ3) is 5.35. The van der Waals surface area contributed by atoms with Crippen molar-refractivity contribution in [1.82, 2.24) is 4.90 Å². The highest BCUT2D eigenvalue weighted by Gasteiger charge is 2.27. The maximum atomic E-state index is 10.5. The molecular formula is C22H26N2O. The number of likely N-dealkylation sites (tertiary alicyclic amines) is 1. The summed E-state index contributed by atoms with van der Waals surface area (Å²) >= 11 is 0. The molecule has 0 bridgehead atoms. The normalized spacial score (nSPS) is 20.7. The molecular weight excluding hydrogens is 308 g/mol. The topological polar surface area (TPSA) is 49.5 Å². The minimum atomic E-state index is -0.254. The quantitative estimate of drug-likeness (QED) is 0.668. The highest BCUT2D eigenvalue weighted by molar-refractivity contribution is 5.46. The van der Waals surface area contributed by atoms with Gasteiger partial charge in [-0.1, -0.05) is 48.2 Å². The molecule has 0 aliphatic carbocycles. The van der Waals surface area contributed by atoms with Crippen LogP contribution in [0.2, 0.25) is 0 Å². The number of benzene rings is 2. The molecule has 2 aromatic rings. The Balaban J connectivity index is 1.44. The van der Waals surface area contributed by atoms with Gasteiger partial charge in [0.05, 0.1) is 6.10 Å². The molecule has 0 saturated carbocycles. The fraction of sp³-hybridized carbons (Fsp3) is 0.364. The third-order valence-corrected chi connectivity index (χ3v) is 4.82. The molecule has 0 amide bonds. The number of nitrogen functional groups attached to an aromatic ring is 1. The van der Waals surface area contributed by atoms with Gasteiger partial charge in [-0.25, -0.2) is 0 Å². The lowest BCUT2D eigenvalue weighted by molar-refractivity contribution is 0.0229. The van der Waals surface area contributed by atoms with Crippen LogP contribution in [0.1, 0.15) is 24.0 Å². The van der Waals surface area contributed by atoms with Gasteiger partial charge in [0.1, 0.15) is 0 Å². The summed E-state index contributed by atoms with van der Waals surface area (Å²) in [6.45, 7) is 2.69. The molecule has 3 N–H and O–H groups in total. The van der Waals surface area contributed by atoms with E-state index in [9.17, 15) is 5.11 Å². The number of aliphatic hydroxyl groups is 1. The van der Waals surface area contributed by atoms with Crippen molar-refractivity contribution in [3.8, 4) is 11.8 Å². The molecule has 1 saturated heterocycles. The molecule has 3 nitrogen and oxygen atoms in total. The van der Waals surface area contributed by atoms with Crippen LogP contribution in [0.4, 0.5) is 5.69 Å². The van der Waals surface area contributed by atoms with Crippen LogP contribution in [-0.2, 0) is 6.42 Å². The van der Waals surface area contributed by atoms with Crippen molar-refractivity contribution in [3.05, 3.63) is 65.7 Å². The van der Waals surface area contributed by atoms with Crippen LogP contribution in [-0.4, -0.2) is 35.7 Å². The van der Waals surface area contributed by atoms with Crippen molar-refractivity contribution in [2.24, 2.45) is 5.92 Å². The molecule has 3 rings (SSSR count). The van der Waals surface area contributed by atoms with Gasteiger partial charge in [-0.3, -0.25) is 4.90 Å². The largest absolute Gasteiger partial charge is 0.399 e. The molecule has 2 unspecified atom stereocenters. The lowest BCUT2D eigenvalue weighted by Crippen LogP contribution is -2.44. The first-order valence-corrected chi connectivity index (χ1v) is 8.99. The second kappa shape index (κ2) is 8.71. The predicted octanol–water partition coefficient (Wildman–Crippen LogP) is 2.94. The Morgan fingerprint density at radius 1 is 1.12 bits per heavy atom. The van der Waals surface area contributed by atoms with Gasteiger partial charge in [-0.05, 0) is 49.1 Å². The van der Waals surface area contributed by atoms with Crippen LogP contribution in [0.5, 0.6) is 0 Å². The maximum absolute atomic E-state index is 10.5. The fourth-order valence-corrected chi connectivity index (χ4v) is 3.40. The molecule has 2 aromatic carbocycles. The van der Waals surface area contributed by atoms with Gasteiger partial charge in [0.2, 0.25) is 0 Å². The van der Waals surface area contributed by atoms with Crippen LogP contribution in [0.25, 0.3) is 0 Å². The molecule has 0 radical (unpaired) electrons. The second-order valence-corrected chi connectivity index (χ2v) is 6.78. The summed E-state index contributed by atoms with van der Waals surface area (Å²) in [5.74, 6) is 6.73. The smallest absolute Gasteiger partial charge is 0.0698 e. The molecule has 0 aromatic heterocycles. The number of nitrogens with two attached hydrogens (primary N) is 1.